The van der Waals surface area contributed by atoms with Crippen molar-refractivity contribution in [3.8, 4) is 0 Å². The highest BCUT2D eigenvalue weighted by Gasteiger charge is 2.71. The Morgan fingerprint density at radius 3 is 2.29 bits per heavy atom. The summed E-state index contributed by atoms with van der Waals surface area (Å²) in [5.41, 5.74) is -8.49. The number of nitrogens with one attached hydrogen (secondary N) is 1. The Hall–Kier alpha value is -3.27. The van der Waals surface area contributed by atoms with Gasteiger partial charge < -0.3 is 15.3 Å². The predicted molar refractivity (Wildman–Crippen MR) is 149 cm³/mol. The fraction of sp³-hybridized carbons (Fsp3) is 0.583. The second-order valence-corrected chi connectivity index (χ2v) is 13.4. The van der Waals surface area contributed by atoms with Crippen molar-refractivity contribution in [3.05, 3.63) is 50.8 Å². The highest BCUT2D eigenvalue weighted by molar-refractivity contribution is 7.96. The van der Waals surface area contributed by atoms with Gasteiger partial charge in [0.05, 0.1) is 16.5 Å². The minimum Gasteiger partial charge on any atom is -0.369 e. The van der Waals surface area contributed by atoms with Gasteiger partial charge in [-0.2, -0.15) is 30.6 Å². The smallest absolute Gasteiger partial charge is 0.369 e. The molecule has 2 fully saturated rings. The first kappa shape index (κ1) is 34.6. The van der Waals surface area contributed by atoms with Crippen LogP contribution in [-0.2, 0) is 20.4 Å². The molecule has 1 amide bonds. The number of halogens is 6. The number of hydrogen-bond donors (Lipinski definition) is 2. The van der Waals surface area contributed by atoms with Gasteiger partial charge in [-0.3, -0.25) is 19.8 Å². The van der Waals surface area contributed by atoms with E-state index in [-0.39, 0.29) is 68.3 Å². The molecule has 0 spiro atoms. The lowest BCUT2D eigenvalue weighted by Crippen LogP contribution is -2.66. The Morgan fingerprint density at radius 2 is 1.73 bits per heavy atom. The number of rotatable bonds is 7. The molecule has 1 aromatic rings. The molecule has 248 valence electrons. The minimum atomic E-state index is -6.16. The molecule has 21 heteroatoms. The van der Waals surface area contributed by atoms with E-state index in [9.17, 15) is 54.8 Å². The van der Waals surface area contributed by atoms with Gasteiger partial charge >= 0.3 is 12.4 Å². The molecule has 4 rings (SSSR count). The van der Waals surface area contributed by atoms with E-state index >= 15 is 0 Å². The van der Waals surface area contributed by atoms with Crippen molar-refractivity contribution in [3.63, 3.8) is 0 Å². The van der Waals surface area contributed by atoms with Crippen LogP contribution >= 0.6 is 12.2 Å². The molecule has 1 aromatic heterocycles. The Labute approximate surface area is 257 Å². The fourth-order valence-electron chi connectivity index (χ4n) is 5.18. The summed E-state index contributed by atoms with van der Waals surface area (Å²) in [6.45, 7) is 2.90. The van der Waals surface area contributed by atoms with Gasteiger partial charge in [-0.25, -0.2) is 18.4 Å². The number of carbonyl (C=O) groups is 1. The summed E-state index contributed by atoms with van der Waals surface area (Å²) in [6.07, 6.45) is -10.1. The van der Waals surface area contributed by atoms with Crippen LogP contribution in [0.25, 0.3) is 0 Å². The first-order valence-corrected chi connectivity index (χ1v) is 15.0. The van der Waals surface area contributed by atoms with Crippen LogP contribution < -0.4 is 10.2 Å². The molecule has 0 unspecified atom stereocenters. The van der Waals surface area contributed by atoms with Gasteiger partial charge in [-0.05, 0) is 19.9 Å². The van der Waals surface area contributed by atoms with Crippen LogP contribution in [0.15, 0.2) is 35.1 Å². The molecule has 1 atom stereocenters. The third-order valence-corrected chi connectivity index (χ3v) is 10.3. The first-order chi connectivity index (χ1) is 20.6. The number of sulfonamides is 1. The van der Waals surface area contributed by atoms with Crippen LogP contribution in [0, 0.1) is 10.1 Å². The van der Waals surface area contributed by atoms with Crippen molar-refractivity contribution in [2.45, 2.75) is 49.8 Å². The fourth-order valence-corrected chi connectivity index (χ4v) is 7.25. The van der Waals surface area contributed by atoms with Gasteiger partial charge in [-0.15, -0.1) is 0 Å². The number of carbonyl (C=O) groups excluding carboxylic acids is 1. The monoisotopic (exact) mass is 687 g/mol. The summed E-state index contributed by atoms with van der Waals surface area (Å²) in [5.74, 6) is -0.700. The Bertz CT molecular complexity index is 1530. The molecule has 3 heterocycles. The van der Waals surface area contributed by atoms with Crippen LogP contribution in [0.3, 0.4) is 0 Å². The maximum atomic E-state index is 13.7. The Balaban J connectivity index is 1.71. The van der Waals surface area contributed by atoms with Crippen LogP contribution in [0.5, 0.6) is 0 Å². The number of aliphatic hydroxyl groups is 1. The zero-order chi connectivity index (χ0) is 33.8. The van der Waals surface area contributed by atoms with Crippen LogP contribution in [0.2, 0.25) is 0 Å². The number of alkyl halides is 6. The molecule has 2 N–H and O–H groups in total. The van der Waals surface area contributed by atoms with Crippen molar-refractivity contribution in [1.29, 1.82) is 0 Å². The van der Waals surface area contributed by atoms with Gasteiger partial charge in [0.2, 0.25) is 21.9 Å². The minimum absolute atomic E-state index is 0.0316. The van der Waals surface area contributed by atoms with E-state index in [0.717, 1.165) is 10.4 Å². The third-order valence-electron chi connectivity index (χ3n) is 7.90. The summed E-state index contributed by atoms with van der Waals surface area (Å²) in [5, 5.41) is 23.7. The number of allylic oxidation sites excluding steroid dienone is 3. The second-order valence-electron chi connectivity index (χ2n) is 11.0. The molecule has 2 aliphatic heterocycles. The standard InChI is InChI=1S/C24H27F6N7O6S2/c1-21(2)19(38)31-5-6-34(21)12-16-13-35(45(42,43)18-9-15(37(40)41)3-4-17(18)44)7-8-36(16)20-32-10-14(11-33-20)22(39,23(25,26)27)24(28,29)30/h3,9-11,16,39H,4-8,12-13H2,1-2H3,(H,31,38)/t16-/m0/s1. The van der Waals surface area contributed by atoms with Gasteiger partial charge in [-0.1, -0.05) is 12.2 Å². The molecular weight excluding hydrogens is 660 g/mol. The van der Waals surface area contributed by atoms with Crippen molar-refractivity contribution in [2.75, 3.05) is 44.2 Å². The molecule has 0 aromatic carbocycles. The lowest BCUT2D eigenvalue weighted by molar-refractivity contribution is -0.419. The molecule has 0 radical (unpaired) electrons. The number of amides is 1. The predicted octanol–water partition coefficient (Wildman–Crippen LogP) is 1.64. The summed E-state index contributed by atoms with van der Waals surface area (Å²) < 4.78 is 109. The van der Waals surface area contributed by atoms with E-state index in [1.165, 1.54) is 11.0 Å². The van der Waals surface area contributed by atoms with Gasteiger partial charge in [0.1, 0.15) is 4.91 Å². The average Bonchev–Trinajstić information content (AvgIpc) is 2.94. The van der Waals surface area contributed by atoms with Crippen LogP contribution in [-0.4, -0.2) is 112 Å². The summed E-state index contributed by atoms with van der Waals surface area (Å²) >= 11 is 5.18. The Kier molecular flexibility index (Phi) is 9.09. The van der Waals surface area contributed by atoms with E-state index < -0.39 is 60.6 Å². The molecule has 1 aliphatic carbocycles. The summed E-state index contributed by atoms with van der Waals surface area (Å²) in [7, 11) is -4.42. The van der Waals surface area contributed by atoms with E-state index in [1.807, 2.05) is 0 Å². The summed E-state index contributed by atoms with van der Waals surface area (Å²) in [6, 6.07) is -0.919. The van der Waals surface area contributed by atoms with Gasteiger partial charge in [0.15, 0.2) is 0 Å². The Morgan fingerprint density at radius 1 is 1.13 bits per heavy atom. The largest absolute Gasteiger partial charge is 0.430 e. The number of nitrogens with zero attached hydrogens (tertiary/aromatic N) is 6. The highest BCUT2D eigenvalue weighted by Crippen LogP contribution is 2.49. The molecule has 3 aliphatic rings. The van der Waals surface area contributed by atoms with E-state index in [0.29, 0.717) is 6.54 Å². The van der Waals surface area contributed by atoms with Crippen molar-refractivity contribution in [2.24, 2.45) is 0 Å². The maximum absolute atomic E-state index is 13.7. The number of piperazine rings is 2. The average molecular weight is 688 g/mol. The van der Waals surface area contributed by atoms with Crippen LogP contribution in [0.4, 0.5) is 32.3 Å². The number of aromatic nitrogens is 2. The van der Waals surface area contributed by atoms with E-state index in [4.69, 9.17) is 12.2 Å². The number of thiocarbonyl (C=S) groups is 1. The third kappa shape index (κ3) is 6.27. The van der Waals surface area contributed by atoms with Gasteiger partial charge in [0.25, 0.3) is 11.3 Å². The van der Waals surface area contributed by atoms with Crippen molar-refractivity contribution in [1.82, 2.24) is 24.5 Å². The second kappa shape index (κ2) is 11.8. The quantitative estimate of drug-likeness (QED) is 0.186. The van der Waals surface area contributed by atoms with Crippen LogP contribution in [0.1, 0.15) is 25.8 Å². The van der Waals surface area contributed by atoms with E-state index in [1.54, 1.807) is 18.7 Å². The first-order valence-electron chi connectivity index (χ1n) is 13.2. The maximum Gasteiger partial charge on any atom is 0.430 e. The lowest BCUT2D eigenvalue weighted by atomic mass is 9.95. The molecular formula is C24H27F6N7O6S2. The molecule has 2 saturated heterocycles. The lowest BCUT2D eigenvalue weighted by Gasteiger charge is -2.47. The molecule has 13 nitrogen and oxygen atoms in total. The zero-order valence-electron chi connectivity index (χ0n) is 23.6. The molecule has 0 saturated carbocycles. The summed E-state index contributed by atoms with van der Waals surface area (Å²) in [4.78, 5) is 33.1. The number of hydrogen-bond acceptors (Lipinski definition) is 11. The zero-order valence-corrected chi connectivity index (χ0v) is 25.2. The SMILES string of the molecule is CC1(C)C(=O)NCCN1C[C@H]1CN(S(=O)(=O)C2=CC([N+](=O)[O-])=CCC2=S)CCN1c1ncc(C(O)(C(F)(F)F)C(F)(F)F)cn1. The van der Waals surface area contributed by atoms with Gasteiger partial charge in [0, 0.05) is 74.6 Å². The molecule has 45 heavy (non-hydrogen) atoms. The number of anilines is 1. The van der Waals surface area contributed by atoms with Crippen molar-refractivity contribution >= 4 is 39.0 Å². The molecule has 0 bridgehead atoms. The number of nitro groups is 1. The normalized spacial score (nSPS) is 22.5. The topological polar surface area (TPSA) is 162 Å². The van der Waals surface area contributed by atoms with E-state index in [2.05, 4.69) is 15.3 Å². The van der Waals surface area contributed by atoms with Crippen molar-refractivity contribution < 1.29 is 49.6 Å². The highest BCUT2D eigenvalue weighted by atomic mass is 32.2.